The maximum atomic E-state index is 9.06. The van der Waals surface area contributed by atoms with E-state index >= 15 is 0 Å². The Bertz CT molecular complexity index is 595. The molecule has 1 heterocycles. The number of benzene rings is 1. The molecule has 1 aromatic heterocycles. The zero-order valence-corrected chi connectivity index (χ0v) is 10.2. The molecule has 0 bridgehead atoms. The van der Waals surface area contributed by atoms with Gasteiger partial charge in [0.15, 0.2) is 5.01 Å². The monoisotopic (exact) mass is 262 g/mol. The van der Waals surface area contributed by atoms with Crippen molar-refractivity contribution in [3.05, 3.63) is 39.9 Å². The molecule has 0 saturated heterocycles. The van der Waals surface area contributed by atoms with Gasteiger partial charge in [0.05, 0.1) is 5.57 Å². The first-order valence-corrected chi connectivity index (χ1v) is 5.85. The molecule has 6 heteroatoms. The van der Waals surface area contributed by atoms with Gasteiger partial charge in [-0.2, -0.15) is 5.26 Å². The smallest absolute Gasteiger partial charge is 0.203 e. The van der Waals surface area contributed by atoms with Crippen LogP contribution in [0.1, 0.15) is 10.6 Å². The van der Waals surface area contributed by atoms with E-state index in [4.69, 9.17) is 22.6 Å². The van der Waals surface area contributed by atoms with Crippen molar-refractivity contribution in [3.63, 3.8) is 0 Å². The van der Waals surface area contributed by atoms with E-state index in [9.17, 15) is 0 Å². The van der Waals surface area contributed by atoms with Crippen molar-refractivity contribution in [1.82, 2.24) is 10.2 Å². The first-order valence-electron chi connectivity index (χ1n) is 4.66. The molecule has 4 nitrogen and oxygen atoms in total. The molecule has 0 atom stereocenters. The van der Waals surface area contributed by atoms with Crippen LogP contribution < -0.4 is 5.73 Å². The lowest BCUT2D eigenvalue weighted by Gasteiger charge is -1.95. The Morgan fingerprint density at radius 2 is 2.06 bits per heavy atom. The highest BCUT2D eigenvalue weighted by atomic mass is 35.5. The number of nitrogens with zero attached hydrogens (tertiary/aromatic N) is 3. The van der Waals surface area contributed by atoms with Gasteiger partial charge in [-0.15, -0.1) is 10.2 Å². The molecule has 0 aliphatic rings. The minimum Gasteiger partial charge on any atom is -0.374 e. The third-order valence-electron chi connectivity index (χ3n) is 1.97. The molecule has 0 saturated carbocycles. The number of rotatable bonds is 2. The number of nitrogen functional groups attached to an aromatic ring is 1. The van der Waals surface area contributed by atoms with Gasteiger partial charge in [-0.25, -0.2) is 0 Å². The quantitative estimate of drug-likeness (QED) is 0.845. The van der Waals surface area contributed by atoms with Crippen LogP contribution in [0.25, 0.3) is 11.6 Å². The third kappa shape index (κ3) is 2.81. The summed E-state index contributed by atoms with van der Waals surface area (Å²) in [6.07, 6.45) is 1.72. The van der Waals surface area contributed by atoms with Gasteiger partial charge in [0.1, 0.15) is 6.07 Å². The Labute approximate surface area is 107 Å². The number of nitriles is 1. The van der Waals surface area contributed by atoms with Crippen LogP contribution in [0.2, 0.25) is 5.02 Å². The van der Waals surface area contributed by atoms with Gasteiger partial charge in [0.25, 0.3) is 0 Å². The lowest BCUT2D eigenvalue weighted by Crippen LogP contribution is -1.82. The topological polar surface area (TPSA) is 75.6 Å². The Hall–Kier alpha value is -1.90. The van der Waals surface area contributed by atoms with Crippen molar-refractivity contribution >= 4 is 39.7 Å². The van der Waals surface area contributed by atoms with E-state index in [1.165, 1.54) is 11.3 Å². The van der Waals surface area contributed by atoms with Crippen molar-refractivity contribution in [2.45, 2.75) is 0 Å². The molecule has 0 aliphatic carbocycles. The average molecular weight is 263 g/mol. The largest absolute Gasteiger partial charge is 0.374 e. The van der Waals surface area contributed by atoms with Gasteiger partial charge >= 0.3 is 0 Å². The van der Waals surface area contributed by atoms with Crippen LogP contribution in [0.5, 0.6) is 0 Å². The summed E-state index contributed by atoms with van der Waals surface area (Å²) >= 11 is 6.96. The summed E-state index contributed by atoms with van der Waals surface area (Å²) < 4.78 is 0. The summed E-state index contributed by atoms with van der Waals surface area (Å²) in [6.45, 7) is 0. The number of nitrogens with two attached hydrogens (primary N) is 1. The number of hydrogen-bond donors (Lipinski definition) is 1. The molecule has 0 radical (unpaired) electrons. The molecule has 2 N–H and O–H groups in total. The lowest BCUT2D eigenvalue weighted by molar-refractivity contribution is 1.08. The van der Waals surface area contributed by atoms with Crippen LogP contribution in [-0.4, -0.2) is 10.2 Å². The van der Waals surface area contributed by atoms with Crippen LogP contribution in [0, 0.1) is 11.3 Å². The van der Waals surface area contributed by atoms with Crippen molar-refractivity contribution in [1.29, 1.82) is 5.26 Å². The average Bonchev–Trinajstić information content (AvgIpc) is 2.75. The van der Waals surface area contributed by atoms with E-state index < -0.39 is 0 Å². The summed E-state index contributed by atoms with van der Waals surface area (Å²) in [5.41, 5.74) is 6.78. The van der Waals surface area contributed by atoms with Gasteiger partial charge in [-0.05, 0) is 23.8 Å². The molecule has 0 amide bonds. The highest BCUT2D eigenvalue weighted by Crippen LogP contribution is 2.22. The standard InChI is InChI=1S/C11H7ClN4S/c12-9-3-1-7(2-4-9)5-8(6-13)10-15-16-11(14)17-10/h1-5H,(H2,14,16). The molecule has 0 spiro atoms. The van der Waals surface area contributed by atoms with Crippen LogP contribution in [-0.2, 0) is 0 Å². The number of halogens is 1. The molecule has 0 fully saturated rings. The molecule has 17 heavy (non-hydrogen) atoms. The predicted octanol–water partition coefficient (Wildman–Crippen LogP) is 2.84. The highest BCUT2D eigenvalue weighted by molar-refractivity contribution is 7.16. The fourth-order valence-corrected chi connectivity index (χ4v) is 1.91. The lowest BCUT2D eigenvalue weighted by atomic mass is 10.1. The van der Waals surface area contributed by atoms with Gasteiger partial charge in [-0.3, -0.25) is 0 Å². The Morgan fingerprint density at radius 1 is 1.35 bits per heavy atom. The summed E-state index contributed by atoms with van der Waals surface area (Å²) in [5.74, 6) is 0. The third-order valence-corrected chi connectivity index (χ3v) is 3.01. The second kappa shape index (κ2) is 4.95. The van der Waals surface area contributed by atoms with E-state index in [0.717, 1.165) is 5.56 Å². The van der Waals surface area contributed by atoms with E-state index in [-0.39, 0.29) is 0 Å². The van der Waals surface area contributed by atoms with Gasteiger partial charge in [0.2, 0.25) is 5.13 Å². The maximum absolute atomic E-state index is 9.06. The van der Waals surface area contributed by atoms with Crippen LogP contribution in [0.4, 0.5) is 5.13 Å². The van der Waals surface area contributed by atoms with Gasteiger partial charge in [-0.1, -0.05) is 35.1 Å². The van der Waals surface area contributed by atoms with Crippen molar-refractivity contribution < 1.29 is 0 Å². The Balaban J connectivity index is 2.36. The molecule has 1 aromatic carbocycles. The van der Waals surface area contributed by atoms with Crippen LogP contribution in [0.3, 0.4) is 0 Å². The minimum atomic E-state index is 0.345. The van der Waals surface area contributed by atoms with Gasteiger partial charge < -0.3 is 5.73 Å². The number of anilines is 1. The Kier molecular flexibility index (Phi) is 3.38. The van der Waals surface area contributed by atoms with E-state index in [0.29, 0.717) is 20.7 Å². The number of allylic oxidation sites excluding steroid dienone is 1. The molecule has 2 aromatic rings. The Morgan fingerprint density at radius 3 is 2.59 bits per heavy atom. The predicted molar refractivity (Wildman–Crippen MR) is 69.3 cm³/mol. The molecule has 2 rings (SSSR count). The first kappa shape index (κ1) is 11.6. The van der Waals surface area contributed by atoms with E-state index in [1.807, 2.05) is 12.1 Å². The van der Waals surface area contributed by atoms with Gasteiger partial charge in [0, 0.05) is 5.02 Å². The van der Waals surface area contributed by atoms with Crippen molar-refractivity contribution in [2.24, 2.45) is 0 Å². The summed E-state index contributed by atoms with van der Waals surface area (Å²) in [4.78, 5) is 0. The van der Waals surface area contributed by atoms with Crippen LogP contribution >= 0.6 is 22.9 Å². The molecular weight excluding hydrogens is 256 g/mol. The fraction of sp³-hybridized carbons (Fsp3) is 0. The van der Waals surface area contributed by atoms with Crippen molar-refractivity contribution in [3.8, 4) is 6.07 Å². The number of hydrogen-bond acceptors (Lipinski definition) is 5. The summed E-state index contributed by atoms with van der Waals surface area (Å²) in [5, 5.41) is 18.1. The van der Waals surface area contributed by atoms with Crippen molar-refractivity contribution in [2.75, 3.05) is 5.73 Å². The number of aromatic nitrogens is 2. The van der Waals surface area contributed by atoms with Crippen LogP contribution in [0.15, 0.2) is 24.3 Å². The SMILES string of the molecule is N#CC(=Cc1ccc(Cl)cc1)c1nnc(N)s1. The second-order valence-electron chi connectivity index (χ2n) is 3.17. The zero-order chi connectivity index (χ0) is 12.3. The normalized spacial score (nSPS) is 11.2. The summed E-state index contributed by atoms with van der Waals surface area (Å²) in [6, 6.07) is 9.24. The molecule has 0 unspecified atom stereocenters. The summed E-state index contributed by atoms with van der Waals surface area (Å²) in [7, 11) is 0. The highest BCUT2D eigenvalue weighted by Gasteiger charge is 2.07. The van der Waals surface area contributed by atoms with E-state index in [1.54, 1.807) is 18.2 Å². The molecule has 84 valence electrons. The first-order chi connectivity index (χ1) is 8.19. The van der Waals surface area contributed by atoms with E-state index in [2.05, 4.69) is 16.3 Å². The second-order valence-corrected chi connectivity index (χ2v) is 4.61. The maximum Gasteiger partial charge on any atom is 0.203 e. The fourth-order valence-electron chi connectivity index (χ4n) is 1.21. The minimum absolute atomic E-state index is 0.345. The molecular formula is C11H7ClN4S. The molecule has 0 aliphatic heterocycles. The zero-order valence-electron chi connectivity index (χ0n) is 8.59.